The summed E-state index contributed by atoms with van der Waals surface area (Å²) in [7, 11) is 0. The molecule has 0 amide bonds. The molecule has 1 atom stereocenters. The van der Waals surface area contributed by atoms with Gasteiger partial charge in [-0.3, -0.25) is 9.79 Å². The van der Waals surface area contributed by atoms with Crippen LogP contribution in [0.25, 0.3) is 0 Å². The molecule has 1 unspecified atom stereocenters. The highest BCUT2D eigenvalue weighted by Gasteiger charge is 2.31. The van der Waals surface area contributed by atoms with E-state index in [1.54, 1.807) is 0 Å². The van der Waals surface area contributed by atoms with Gasteiger partial charge < -0.3 is 14.4 Å². The van der Waals surface area contributed by atoms with E-state index in [4.69, 9.17) is 4.74 Å². The molecular weight excluding hydrogens is 304 g/mol. The van der Waals surface area contributed by atoms with E-state index in [1.807, 2.05) is 20.8 Å². The number of hydrogen-bond donors (Lipinski definition) is 0. The number of rotatable bonds is 4. The fourth-order valence-electron chi connectivity index (χ4n) is 3.22. The van der Waals surface area contributed by atoms with Gasteiger partial charge in [0, 0.05) is 19.0 Å². The van der Waals surface area contributed by atoms with Gasteiger partial charge in [-0.2, -0.15) is 0 Å². The summed E-state index contributed by atoms with van der Waals surface area (Å²) in [5.41, 5.74) is 0.673. The van der Waals surface area contributed by atoms with E-state index in [0.29, 0.717) is 12.5 Å². The number of likely N-dealkylation sites (tertiary alicyclic amines) is 1. The van der Waals surface area contributed by atoms with Crippen molar-refractivity contribution in [3.63, 3.8) is 0 Å². The van der Waals surface area contributed by atoms with E-state index in [1.165, 1.54) is 0 Å². The summed E-state index contributed by atoms with van der Waals surface area (Å²) >= 11 is 0. The Morgan fingerprint density at radius 2 is 1.96 bits per heavy atom. The van der Waals surface area contributed by atoms with Gasteiger partial charge in [0.15, 0.2) is 0 Å². The third kappa shape index (κ3) is 4.68. The highest BCUT2D eigenvalue weighted by atomic mass is 16.6. The van der Waals surface area contributed by atoms with E-state index in [0.717, 1.165) is 43.6 Å². The van der Waals surface area contributed by atoms with Gasteiger partial charge >= 0.3 is 5.97 Å². The quantitative estimate of drug-likeness (QED) is 0.586. The number of ether oxygens (including phenoxy) is 1. The maximum absolute atomic E-state index is 12.2. The molecule has 1 saturated heterocycles. The van der Waals surface area contributed by atoms with Crippen molar-refractivity contribution in [3.8, 4) is 0 Å². The molecule has 0 aromatic heterocycles. The van der Waals surface area contributed by atoms with Crippen LogP contribution >= 0.6 is 0 Å². The summed E-state index contributed by atoms with van der Waals surface area (Å²) in [6.07, 6.45) is 4.67. The molecule has 0 aliphatic carbocycles. The number of aliphatic imine (C=N–C) groups is 1. The van der Waals surface area contributed by atoms with Gasteiger partial charge in [-0.15, -0.1) is 0 Å². The standard InChI is InChI=1S/C19H30N2O3/c1-13(2)16(12-22)15-10-17(20-11-15)21-8-6-14(7-9-21)18(23)24-19(3,4)5/h10,12-14,16H,6-9,11H2,1-5H3. The minimum atomic E-state index is -0.428. The Bertz CT molecular complexity index is 535. The van der Waals surface area contributed by atoms with Crippen molar-refractivity contribution in [1.82, 2.24) is 4.90 Å². The van der Waals surface area contributed by atoms with Crippen molar-refractivity contribution >= 4 is 18.1 Å². The molecule has 24 heavy (non-hydrogen) atoms. The van der Waals surface area contributed by atoms with Crippen LogP contribution in [0.3, 0.4) is 0 Å². The van der Waals surface area contributed by atoms with Crippen molar-refractivity contribution < 1.29 is 14.3 Å². The van der Waals surface area contributed by atoms with Crippen molar-refractivity contribution in [2.45, 2.75) is 53.1 Å². The number of carbonyl (C=O) groups excluding carboxylic acids is 2. The lowest BCUT2D eigenvalue weighted by molar-refractivity contribution is -0.161. The topological polar surface area (TPSA) is 59.0 Å². The zero-order valence-electron chi connectivity index (χ0n) is 15.5. The van der Waals surface area contributed by atoms with Crippen molar-refractivity contribution in [1.29, 1.82) is 0 Å². The van der Waals surface area contributed by atoms with Crippen LogP contribution in [-0.4, -0.2) is 48.2 Å². The summed E-state index contributed by atoms with van der Waals surface area (Å²) in [6, 6.07) is 0. The first-order valence-corrected chi connectivity index (χ1v) is 8.89. The molecule has 2 rings (SSSR count). The zero-order valence-corrected chi connectivity index (χ0v) is 15.5. The first-order chi connectivity index (χ1) is 11.2. The first-order valence-electron chi connectivity index (χ1n) is 8.89. The molecule has 134 valence electrons. The minimum Gasteiger partial charge on any atom is -0.460 e. The van der Waals surface area contributed by atoms with Crippen LogP contribution in [0.4, 0.5) is 0 Å². The number of aldehydes is 1. The highest BCUT2D eigenvalue weighted by molar-refractivity contribution is 5.96. The predicted molar refractivity (Wildman–Crippen MR) is 94.9 cm³/mol. The van der Waals surface area contributed by atoms with Gasteiger partial charge in [0.05, 0.1) is 12.5 Å². The fourth-order valence-corrected chi connectivity index (χ4v) is 3.22. The molecule has 5 nitrogen and oxygen atoms in total. The van der Waals surface area contributed by atoms with Crippen LogP contribution in [0.5, 0.6) is 0 Å². The van der Waals surface area contributed by atoms with Crippen LogP contribution in [0, 0.1) is 17.8 Å². The Labute approximate surface area is 145 Å². The molecule has 0 bridgehead atoms. The maximum Gasteiger partial charge on any atom is 0.309 e. The van der Waals surface area contributed by atoms with Gasteiger partial charge in [-0.25, -0.2) is 0 Å². The van der Waals surface area contributed by atoms with Crippen molar-refractivity contribution in [2.75, 3.05) is 19.6 Å². The molecule has 0 radical (unpaired) electrons. The lowest BCUT2D eigenvalue weighted by Gasteiger charge is -2.33. The molecular formula is C19H30N2O3. The van der Waals surface area contributed by atoms with Crippen LogP contribution in [0.15, 0.2) is 16.6 Å². The molecule has 2 aliphatic heterocycles. The van der Waals surface area contributed by atoms with Gasteiger partial charge in [0.2, 0.25) is 0 Å². The summed E-state index contributed by atoms with van der Waals surface area (Å²) in [6.45, 7) is 12.0. The van der Waals surface area contributed by atoms with Crippen LogP contribution in [-0.2, 0) is 14.3 Å². The van der Waals surface area contributed by atoms with Gasteiger partial charge in [-0.05, 0) is 51.2 Å². The monoisotopic (exact) mass is 334 g/mol. The Morgan fingerprint density at radius 1 is 1.33 bits per heavy atom. The van der Waals surface area contributed by atoms with E-state index >= 15 is 0 Å². The lowest BCUT2D eigenvalue weighted by Crippen LogP contribution is -2.41. The molecule has 0 aromatic carbocycles. The molecule has 0 N–H and O–H groups in total. The number of amidine groups is 1. The normalized spacial score (nSPS) is 20.7. The smallest absolute Gasteiger partial charge is 0.309 e. The van der Waals surface area contributed by atoms with E-state index in [9.17, 15) is 9.59 Å². The number of piperidine rings is 1. The Hall–Kier alpha value is -1.65. The molecule has 0 aromatic rings. The number of carbonyl (C=O) groups is 2. The second-order valence-corrected chi connectivity index (χ2v) is 8.09. The second kappa shape index (κ2) is 7.49. The Balaban J connectivity index is 1.90. The predicted octanol–water partition coefficient (Wildman–Crippen LogP) is 2.85. The molecule has 0 saturated carbocycles. The first kappa shape index (κ1) is 18.7. The van der Waals surface area contributed by atoms with Gasteiger partial charge in [-0.1, -0.05) is 13.8 Å². The molecule has 0 spiro atoms. The lowest BCUT2D eigenvalue weighted by atomic mass is 9.89. The Morgan fingerprint density at radius 3 is 2.46 bits per heavy atom. The van der Waals surface area contributed by atoms with Crippen molar-refractivity contribution in [2.24, 2.45) is 22.7 Å². The third-order valence-corrected chi connectivity index (χ3v) is 4.59. The van der Waals surface area contributed by atoms with Crippen LogP contribution in [0.1, 0.15) is 47.5 Å². The average molecular weight is 334 g/mol. The number of nitrogens with zero attached hydrogens (tertiary/aromatic N) is 2. The van der Waals surface area contributed by atoms with Crippen LogP contribution < -0.4 is 0 Å². The summed E-state index contributed by atoms with van der Waals surface area (Å²) in [5.74, 6) is 1.09. The van der Waals surface area contributed by atoms with E-state index < -0.39 is 5.60 Å². The van der Waals surface area contributed by atoms with Gasteiger partial charge in [0.25, 0.3) is 0 Å². The van der Waals surface area contributed by atoms with E-state index in [2.05, 4.69) is 29.8 Å². The van der Waals surface area contributed by atoms with Gasteiger partial charge in [0.1, 0.15) is 17.7 Å². The summed E-state index contributed by atoms with van der Waals surface area (Å²) < 4.78 is 5.49. The highest BCUT2D eigenvalue weighted by Crippen LogP contribution is 2.26. The van der Waals surface area contributed by atoms with E-state index in [-0.39, 0.29) is 17.8 Å². The van der Waals surface area contributed by atoms with Crippen molar-refractivity contribution in [3.05, 3.63) is 11.6 Å². The Kier molecular flexibility index (Phi) is 5.83. The minimum absolute atomic E-state index is 0.0238. The molecule has 2 aliphatic rings. The maximum atomic E-state index is 12.2. The molecule has 2 heterocycles. The average Bonchev–Trinajstić information content (AvgIpc) is 2.95. The zero-order chi connectivity index (χ0) is 17.9. The largest absolute Gasteiger partial charge is 0.460 e. The molecule has 1 fully saturated rings. The second-order valence-electron chi connectivity index (χ2n) is 8.09. The fraction of sp³-hybridized carbons (Fsp3) is 0.737. The number of esters is 1. The number of hydrogen-bond acceptors (Lipinski definition) is 5. The van der Waals surface area contributed by atoms with Crippen LogP contribution in [0.2, 0.25) is 0 Å². The third-order valence-electron chi connectivity index (χ3n) is 4.59. The summed E-state index contributed by atoms with van der Waals surface area (Å²) in [4.78, 5) is 30.3. The molecule has 5 heteroatoms. The SMILES string of the molecule is CC(C)C(C=O)C1=CC(N2CCC(C(=O)OC(C)(C)C)CC2)=NC1. The summed E-state index contributed by atoms with van der Waals surface area (Å²) in [5, 5.41) is 0.